The number of carbonyl (C=O) groups is 2. The lowest BCUT2D eigenvalue weighted by Crippen LogP contribution is -2.52. The van der Waals surface area contributed by atoms with Gasteiger partial charge in [0, 0.05) is 19.6 Å². The smallest absolute Gasteiger partial charge is 0.316 e. The zero-order valence-corrected chi connectivity index (χ0v) is 15.7. The number of carbonyl (C=O) groups excluding carboxylic acids is 2. The lowest BCUT2D eigenvalue weighted by molar-refractivity contribution is -0.128. The highest BCUT2D eigenvalue weighted by Crippen LogP contribution is 2.36. The minimum atomic E-state index is -0.674. The number of nitrogens with one attached hydrogen (secondary N) is 1. The van der Waals surface area contributed by atoms with Crippen LogP contribution in [-0.2, 0) is 16.6 Å². The Kier molecular flexibility index (Phi) is 6.11. The van der Waals surface area contributed by atoms with E-state index in [0.29, 0.717) is 38.9 Å². The topological polar surface area (TPSA) is 49.4 Å². The van der Waals surface area contributed by atoms with Crippen LogP contribution >= 0.6 is 11.6 Å². The van der Waals surface area contributed by atoms with Gasteiger partial charge in [-0.3, -0.25) is 9.59 Å². The normalized spacial score (nSPS) is 16.0. The third-order valence-corrected chi connectivity index (χ3v) is 5.48. The lowest BCUT2D eigenvalue weighted by atomic mass is 9.72. The zero-order chi connectivity index (χ0) is 19.3. The van der Waals surface area contributed by atoms with Gasteiger partial charge in [0.1, 0.15) is 5.82 Å². The molecule has 0 spiro atoms. The first-order valence-corrected chi connectivity index (χ1v) is 9.42. The van der Waals surface area contributed by atoms with E-state index in [1.54, 1.807) is 17.0 Å². The van der Waals surface area contributed by atoms with Crippen molar-refractivity contribution in [1.29, 1.82) is 0 Å². The number of rotatable bonds is 5. The number of amides is 2. The van der Waals surface area contributed by atoms with Gasteiger partial charge >= 0.3 is 5.37 Å². The summed E-state index contributed by atoms with van der Waals surface area (Å²) in [6, 6.07) is 15.9. The first kappa shape index (κ1) is 19.4. The van der Waals surface area contributed by atoms with Gasteiger partial charge in [-0.1, -0.05) is 42.5 Å². The van der Waals surface area contributed by atoms with Gasteiger partial charge in [0.05, 0.1) is 5.41 Å². The molecule has 1 aliphatic rings. The monoisotopic (exact) mass is 388 g/mol. The van der Waals surface area contributed by atoms with Gasteiger partial charge < -0.3 is 10.2 Å². The van der Waals surface area contributed by atoms with Gasteiger partial charge in [0.25, 0.3) is 0 Å². The van der Waals surface area contributed by atoms with E-state index in [4.69, 9.17) is 11.6 Å². The Bertz CT molecular complexity index is 788. The predicted octanol–water partition coefficient (Wildman–Crippen LogP) is 3.88. The minimum absolute atomic E-state index is 0.0440. The van der Waals surface area contributed by atoms with Crippen LogP contribution in [0, 0.1) is 5.82 Å². The molecule has 1 saturated heterocycles. The lowest BCUT2D eigenvalue weighted by Gasteiger charge is -2.40. The standard InChI is InChI=1S/C21H22ClFN2O2/c22-20(27)25-14-11-21(12-15-25,17-4-2-1-3-5-17)19(26)24-13-10-16-6-8-18(23)9-7-16/h1-9H,10-15H2,(H,24,26). The Morgan fingerprint density at radius 1 is 1.04 bits per heavy atom. The van der Waals surface area contributed by atoms with Crippen LogP contribution in [0.15, 0.2) is 54.6 Å². The summed E-state index contributed by atoms with van der Waals surface area (Å²) in [5.74, 6) is -0.316. The maximum absolute atomic E-state index is 13.1. The molecular weight excluding hydrogens is 367 g/mol. The number of nitrogens with zero attached hydrogens (tertiary/aromatic N) is 1. The maximum atomic E-state index is 13.1. The largest absolute Gasteiger partial charge is 0.355 e. The summed E-state index contributed by atoms with van der Waals surface area (Å²) in [5.41, 5.74) is 1.24. The second kappa shape index (κ2) is 8.53. The van der Waals surface area contributed by atoms with Crippen molar-refractivity contribution < 1.29 is 14.0 Å². The SMILES string of the molecule is O=C(Cl)N1CCC(C(=O)NCCc2ccc(F)cc2)(c2ccccc2)CC1. The van der Waals surface area contributed by atoms with E-state index < -0.39 is 10.8 Å². The highest BCUT2D eigenvalue weighted by molar-refractivity contribution is 6.62. The van der Waals surface area contributed by atoms with Gasteiger partial charge in [-0.15, -0.1) is 0 Å². The molecule has 2 aromatic carbocycles. The molecule has 1 fully saturated rings. The van der Waals surface area contributed by atoms with E-state index in [9.17, 15) is 14.0 Å². The average molecular weight is 389 g/mol. The van der Waals surface area contributed by atoms with Gasteiger partial charge in [-0.25, -0.2) is 4.39 Å². The molecule has 1 aliphatic heterocycles. The summed E-state index contributed by atoms with van der Waals surface area (Å²) >= 11 is 5.60. The Morgan fingerprint density at radius 3 is 2.26 bits per heavy atom. The molecule has 0 bridgehead atoms. The van der Waals surface area contributed by atoms with Crippen LogP contribution < -0.4 is 5.32 Å². The fraction of sp³-hybridized carbons (Fsp3) is 0.333. The van der Waals surface area contributed by atoms with E-state index in [1.807, 2.05) is 30.3 Å². The maximum Gasteiger partial charge on any atom is 0.316 e. The molecule has 0 saturated carbocycles. The van der Waals surface area contributed by atoms with Gasteiger partial charge in [0.2, 0.25) is 5.91 Å². The number of benzene rings is 2. The summed E-state index contributed by atoms with van der Waals surface area (Å²) in [6.45, 7) is 1.36. The second-order valence-electron chi connectivity index (χ2n) is 6.82. The highest BCUT2D eigenvalue weighted by Gasteiger charge is 2.43. The van der Waals surface area contributed by atoms with Crippen molar-refractivity contribution in [2.24, 2.45) is 0 Å². The fourth-order valence-corrected chi connectivity index (χ4v) is 3.78. The number of hydrogen-bond acceptors (Lipinski definition) is 2. The van der Waals surface area contributed by atoms with Crippen LogP contribution in [0.4, 0.5) is 9.18 Å². The summed E-state index contributed by atoms with van der Waals surface area (Å²) < 4.78 is 13.0. The van der Waals surface area contributed by atoms with E-state index in [-0.39, 0.29) is 11.7 Å². The molecule has 6 heteroatoms. The predicted molar refractivity (Wildman–Crippen MR) is 103 cm³/mol. The van der Waals surface area contributed by atoms with Crippen molar-refractivity contribution >= 4 is 22.9 Å². The Balaban J connectivity index is 1.70. The summed E-state index contributed by atoms with van der Waals surface area (Å²) in [5, 5.41) is 2.55. The van der Waals surface area contributed by atoms with Crippen molar-refractivity contribution in [2.75, 3.05) is 19.6 Å². The molecule has 1 heterocycles. The molecule has 27 heavy (non-hydrogen) atoms. The average Bonchev–Trinajstić information content (AvgIpc) is 2.70. The molecule has 0 aliphatic carbocycles. The summed E-state index contributed by atoms with van der Waals surface area (Å²) in [4.78, 5) is 26.1. The molecule has 1 N–H and O–H groups in total. The molecule has 142 valence electrons. The van der Waals surface area contributed by atoms with Crippen LogP contribution in [0.3, 0.4) is 0 Å². The Hall–Kier alpha value is -2.40. The molecule has 0 aromatic heterocycles. The summed E-state index contributed by atoms with van der Waals surface area (Å²) in [7, 11) is 0. The van der Waals surface area contributed by atoms with Crippen molar-refractivity contribution in [3.05, 3.63) is 71.5 Å². The quantitative estimate of drug-likeness (QED) is 0.624. The molecule has 2 amide bonds. The summed E-state index contributed by atoms with van der Waals surface area (Å²) in [6.07, 6.45) is 1.68. The Morgan fingerprint density at radius 2 is 1.67 bits per heavy atom. The molecule has 0 radical (unpaired) electrons. The molecule has 0 unspecified atom stereocenters. The first-order chi connectivity index (χ1) is 13.0. The number of piperidine rings is 1. The van der Waals surface area contributed by atoms with Crippen molar-refractivity contribution in [2.45, 2.75) is 24.7 Å². The van der Waals surface area contributed by atoms with Crippen molar-refractivity contribution in [1.82, 2.24) is 10.2 Å². The van der Waals surface area contributed by atoms with Gasteiger partial charge in [-0.2, -0.15) is 0 Å². The van der Waals surface area contributed by atoms with Crippen molar-refractivity contribution in [3.63, 3.8) is 0 Å². The molecule has 2 aromatic rings. The third-order valence-electron chi connectivity index (χ3n) is 5.24. The van der Waals surface area contributed by atoms with Crippen LogP contribution in [-0.4, -0.2) is 35.8 Å². The fourth-order valence-electron chi connectivity index (χ4n) is 3.61. The third kappa shape index (κ3) is 4.48. The first-order valence-electron chi connectivity index (χ1n) is 9.04. The second-order valence-corrected chi connectivity index (χ2v) is 7.14. The Labute approximate surface area is 163 Å². The van der Waals surface area contributed by atoms with E-state index in [0.717, 1.165) is 11.1 Å². The highest BCUT2D eigenvalue weighted by atomic mass is 35.5. The molecule has 0 atom stereocenters. The van der Waals surface area contributed by atoms with E-state index in [1.165, 1.54) is 12.1 Å². The van der Waals surface area contributed by atoms with Crippen LogP contribution in [0.1, 0.15) is 24.0 Å². The van der Waals surface area contributed by atoms with Crippen LogP contribution in [0.2, 0.25) is 0 Å². The molecule has 4 nitrogen and oxygen atoms in total. The number of hydrogen-bond donors (Lipinski definition) is 1. The van der Waals surface area contributed by atoms with Gasteiger partial charge in [-0.05, 0) is 54.1 Å². The van der Waals surface area contributed by atoms with E-state index >= 15 is 0 Å². The number of likely N-dealkylation sites (tertiary alicyclic amines) is 1. The van der Waals surface area contributed by atoms with Gasteiger partial charge in [0.15, 0.2) is 0 Å². The number of halogens is 2. The minimum Gasteiger partial charge on any atom is -0.355 e. The molecule has 3 rings (SSSR count). The van der Waals surface area contributed by atoms with Crippen molar-refractivity contribution in [3.8, 4) is 0 Å². The van der Waals surface area contributed by atoms with E-state index in [2.05, 4.69) is 5.32 Å². The van der Waals surface area contributed by atoms with Crippen LogP contribution in [0.25, 0.3) is 0 Å². The zero-order valence-electron chi connectivity index (χ0n) is 15.0. The molecular formula is C21H22ClFN2O2. The van der Waals surface area contributed by atoms with Crippen LogP contribution in [0.5, 0.6) is 0 Å².